The Bertz CT molecular complexity index is 1330. The molecule has 0 bridgehead atoms. The zero-order chi connectivity index (χ0) is 25.7. The fourth-order valence-corrected chi connectivity index (χ4v) is 2.68. The van der Waals surface area contributed by atoms with E-state index in [-0.39, 0.29) is 41.8 Å². The lowest BCUT2D eigenvalue weighted by atomic mass is 10.1. The Balaban J connectivity index is 3.37. The molecular weight excluding hydrogens is 472 g/mol. The number of benzene rings is 1. The van der Waals surface area contributed by atoms with Crippen LogP contribution in [0.5, 0.6) is 11.5 Å². The third-order valence-electron chi connectivity index (χ3n) is 3.58. The van der Waals surface area contributed by atoms with E-state index in [9.17, 15) is 28.5 Å². The second-order valence-electron chi connectivity index (χ2n) is 5.97. The van der Waals surface area contributed by atoms with E-state index in [0.717, 1.165) is 0 Å². The molecule has 0 aliphatic carbocycles. The van der Waals surface area contributed by atoms with Crippen LogP contribution in [0.3, 0.4) is 0 Å². The molecule has 0 amide bonds. The van der Waals surface area contributed by atoms with Crippen molar-refractivity contribution in [2.24, 2.45) is 0 Å². The van der Waals surface area contributed by atoms with E-state index in [1.54, 1.807) is 12.1 Å². The van der Waals surface area contributed by atoms with Gasteiger partial charge in [0.05, 0.1) is 25.3 Å². The molecule has 0 aliphatic rings. The van der Waals surface area contributed by atoms with Crippen molar-refractivity contribution in [1.82, 2.24) is 0 Å². The van der Waals surface area contributed by atoms with Crippen molar-refractivity contribution in [2.45, 2.75) is 6.92 Å². The van der Waals surface area contributed by atoms with Crippen LogP contribution in [0, 0.1) is 35.8 Å². The largest absolute Gasteiger partial charge is 0.491 e. The molecule has 1 aromatic rings. The summed E-state index contributed by atoms with van der Waals surface area (Å²) in [4.78, 5) is 28.4. The molecule has 0 radical (unpaired) electrons. The molecule has 0 saturated heterocycles. The van der Waals surface area contributed by atoms with Gasteiger partial charge in [-0.05, 0) is 12.1 Å². The van der Waals surface area contributed by atoms with Crippen LogP contribution in [0.2, 0.25) is 0 Å². The number of esters is 2. The van der Waals surface area contributed by atoms with Crippen molar-refractivity contribution < 1.29 is 41.5 Å². The molecule has 0 atom stereocenters. The minimum absolute atomic E-state index is 0.0373. The highest BCUT2D eigenvalue weighted by molar-refractivity contribution is 7.86. The molecule has 0 heterocycles. The van der Waals surface area contributed by atoms with Crippen molar-refractivity contribution in [3.05, 3.63) is 45.4 Å². The molecule has 1 rings (SSSR count). The number of rotatable bonds is 10. The van der Waals surface area contributed by atoms with E-state index in [4.69, 9.17) is 31.9 Å². The molecule has 1 N–H and O–H groups in total. The van der Waals surface area contributed by atoms with Crippen molar-refractivity contribution >= 4 is 33.5 Å². The minimum atomic E-state index is -4.57. The van der Waals surface area contributed by atoms with Gasteiger partial charge in [0.1, 0.15) is 37.9 Å². The number of nitriles is 2. The molecule has 0 aromatic heterocycles. The SMILES string of the molecule is [C-]#[N+]/C(C#N)=c1/cc(OCCOC(=O)CS(=O)(=O)O)/c(=C(\C#N)[N+]#[C-])cc1OCCOC(C)=O. The Morgan fingerprint density at radius 1 is 0.941 bits per heavy atom. The lowest BCUT2D eigenvalue weighted by Gasteiger charge is -2.12. The van der Waals surface area contributed by atoms with Gasteiger partial charge in [-0.3, -0.25) is 14.1 Å². The third kappa shape index (κ3) is 8.85. The summed E-state index contributed by atoms with van der Waals surface area (Å²) in [5.74, 6) is -3.22. The molecule has 176 valence electrons. The Hall–Kier alpha value is -4.63. The number of hydrogen-bond donors (Lipinski definition) is 1. The van der Waals surface area contributed by atoms with Gasteiger partial charge in [0, 0.05) is 17.4 Å². The van der Waals surface area contributed by atoms with Gasteiger partial charge in [-0.2, -0.15) is 8.42 Å². The van der Waals surface area contributed by atoms with E-state index in [1.165, 1.54) is 19.1 Å². The van der Waals surface area contributed by atoms with Gasteiger partial charge < -0.3 is 18.9 Å². The van der Waals surface area contributed by atoms with E-state index in [0.29, 0.717) is 0 Å². The van der Waals surface area contributed by atoms with Gasteiger partial charge in [-0.25, -0.2) is 20.2 Å². The quantitative estimate of drug-likeness (QED) is 0.195. The fraction of sp³-hybridized carbons (Fsp3) is 0.300. The highest BCUT2D eigenvalue weighted by atomic mass is 32.2. The zero-order valence-corrected chi connectivity index (χ0v) is 18.4. The van der Waals surface area contributed by atoms with Crippen LogP contribution < -0.4 is 19.9 Å². The van der Waals surface area contributed by atoms with Gasteiger partial charge in [0.2, 0.25) is 0 Å². The van der Waals surface area contributed by atoms with Crippen molar-refractivity contribution in [1.29, 1.82) is 10.5 Å². The van der Waals surface area contributed by atoms with Gasteiger partial charge >= 0.3 is 11.9 Å². The van der Waals surface area contributed by atoms with Crippen molar-refractivity contribution in [3.8, 4) is 23.6 Å². The van der Waals surface area contributed by atoms with Gasteiger partial charge in [-0.15, -0.1) is 0 Å². The summed E-state index contributed by atoms with van der Waals surface area (Å²) in [6.07, 6.45) is 0. The maximum Gasteiger partial charge on any atom is 0.323 e. The van der Waals surface area contributed by atoms with Gasteiger partial charge in [0.15, 0.2) is 5.75 Å². The first-order valence-electron chi connectivity index (χ1n) is 9.03. The number of carbonyl (C=O) groups excluding carboxylic acids is 2. The Morgan fingerprint density at radius 2 is 1.38 bits per heavy atom. The van der Waals surface area contributed by atoms with E-state index in [1.807, 2.05) is 0 Å². The van der Waals surface area contributed by atoms with Crippen molar-refractivity contribution in [3.63, 3.8) is 0 Å². The molecule has 14 heteroatoms. The summed E-state index contributed by atoms with van der Waals surface area (Å²) in [6, 6.07) is 5.73. The van der Waals surface area contributed by atoms with Crippen LogP contribution in [0.1, 0.15) is 6.92 Å². The van der Waals surface area contributed by atoms with Crippen LogP contribution in [-0.4, -0.2) is 57.1 Å². The number of carbonyl (C=O) groups is 2. The topological polar surface area (TPSA) is 182 Å². The first-order chi connectivity index (χ1) is 16.1. The van der Waals surface area contributed by atoms with Gasteiger partial charge in [-0.1, -0.05) is 0 Å². The second-order valence-corrected chi connectivity index (χ2v) is 7.43. The smallest absolute Gasteiger partial charge is 0.323 e. The zero-order valence-electron chi connectivity index (χ0n) is 17.6. The highest BCUT2D eigenvalue weighted by Crippen LogP contribution is 2.12. The Labute approximate surface area is 194 Å². The van der Waals surface area contributed by atoms with Crippen LogP contribution >= 0.6 is 0 Å². The molecule has 0 fully saturated rings. The molecule has 13 nitrogen and oxygen atoms in total. The van der Waals surface area contributed by atoms with Crippen molar-refractivity contribution in [2.75, 3.05) is 32.2 Å². The van der Waals surface area contributed by atoms with E-state index >= 15 is 0 Å². The number of ether oxygens (including phenoxy) is 4. The average molecular weight is 488 g/mol. The van der Waals surface area contributed by atoms with Crippen LogP contribution in [0.25, 0.3) is 21.1 Å². The molecule has 0 saturated carbocycles. The molecule has 0 aliphatic heterocycles. The molecule has 1 aromatic carbocycles. The summed E-state index contributed by atoms with van der Waals surface area (Å²) in [5.41, 5.74) is -0.823. The second kappa shape index (κ2) is 13.0. The Kier molecular flexibility index (Phi) is 10.5. The average Bonchev–Trinajstić information content (AvgIpc) is 2.76. The maximum absolute atomic E-state index is 11.3. The molecule has 0 spiro atoms. The molecule has 34 heavy (non-hydrogen) atoms. The van der Waals surface area contributed by atoms with Crippen LogP contribution in [-0.2, 0) is 29.2 Å². The first-order valence-corrected chi connectivity index (χ1v) is 10.6. The highest BCUT2D eigenvalue weighted by Gasteiger charge is 2.15. The standard InChI is InChI=1S/C20H16N4O9S/c1-13(25)30-4-5-31-18-8-15(17(11-22)24-3)19(9-14(18)16(10-21)23-2)32-6-7-33-20(26)12-34(27,28)29/h8-9H,4-7,12H2,1H3,(H,27,28,29)/b16-14-,17-15+. The Morgan fingerprint density at radius 3 is 1.74 bits per heavy atom. The minimum Gasteiger partial charge on any atom is -0.491 e. The summed E-state index contributed by atoms with van der Waals surface area (Å²) in [6.45, 7) is 14.5. The maximum atomic E-state index is 11.3. The lowest BCUT2D eigenvalue weighted by molar-refractivity contribution is -0.142. The fourth-order valence-electron chi connectivity index (χ4n) is 2.29. The third-order valence-corrected chi connectivity index (χ3v) is 4.18. The normalized spacial score (nSPS) is 11.9. The predicted molar refractivity (Wildman–Crippen MR) is 112 cm³/mol. The predicted octanol–water partition coefficient (Wildman–Crippen LogP) is -0.460. The van der Waals surface area contributed by atoms with Crippen LogP contribution in [0.4, 0.5) is 0 Å². The van der Waals surface area contributed by atoms with Gasteiger partial charge in [0.25, 0.3) is 21.5 Å². The first kappa shape index (κ1) is 27.4. The molecule has 0 unspecified atom stereocenters. The number of hydrogen-bond acceptors (Lipinski definition) is 10. The van der Waals surface area contributed by atoms with E-state index in [2.05, 4.69) is 14.4 Å². The summed E-state index contributed by atoms with van der Waals surface area (Å²) in [7, 11) is -4.57. The summed E-state index contributed by atoms with van der Waals surface area (Å²) >= 11 is 0. The number of nitrogens with zero attached hydrogens (tertiary/aromatic N) is 4. The summed E-state index contributed by atoms with van der Waals surface area (Å²) < 4.78 is 50.3. The van der Waals surface area contributed by atoms with Crippen LogP contribution in [0.15, 0.2) is 12.1 Å². The van der Waals surface area contributed by atoms with E-state index < -0.39 is 45.8 Å². The monoisotopic (exact) mass is 488 g/mol. The lowest BCUT2D eigenvalue weighted by Crippen LogP contribution is -2.23. The molecular formula is C20H16N4O9S. The summed E-state index contributed by atoms with van der Waals surface area (Å²) in [5, 5.41) is 18.5.